The van der Waals surface area contributed by atoms with Crippen molar-refractivity contribution in [2.24, 2.45) is 5.92 Å². The summed E-state index contributed by atoms with van der Waals surface area (Å²) in [7, 11) is 0. The summed E-state index contributed by atoms with van der Waals surface area (Å²) in [6, 6.07) is 4.42. The molecule has 0 unspecified atom stereocenters. The summed E-state index contributed by atoms with van der Waals surface area (Å²) in [6.45, 7) is 0.652. The monoisotopic (exact) mass is 266 g/mol. The molecule has 0 aromatic heterocycles. The molecule has 1 fully saturated rings. The van der Waals surface area contributed by atoms with Crippen molar-refractivity contribution < 1.29 is 9.13 Å². The van der Waals surface area contributed by atoms with Crippen molar-refractivity contribution in [1.82, 2.24) is 0 Å². The van der Waals surface area contributed by atoms with Crippen LogP contribution in [0.4, 0.5) is 4.39 Å². The summed E-state index contributed by atoms with van der Waals surface area (Å²) in [4.78, 5) is 0. The van der Waals surface area contributed by atoms with Gasteiger partial charge in [-0.2, -0.15) is 0 Å². The summed E-state index contributed by atoms with van der Waals surface area (Å²) in [6.07, 6.45) is 4.96. The average Bonchev–Trinajstić information content (AvgIpc) is 2.88. The molecule has 0 radical (unpaired) electrons. The maximum Gasteiger partial charge on any atom is 0.137 e. The molecule has 1 aromatic rings. The van der Waals surface area contributed by atoms with Crippen molar-refractivity contribution in [3.8, 4) is 17.6 Å². The second kappa shape index (κ2) is 6.66. The molecule has 1 nitrogen and oxygen atoms in total. The van der Waals surface area contributed by atoms with E-state index in [1.807, 2.05) is 0 Å². The third-order valence-corrected chi connectivity index (χ3v) is 3.32. The number of halogens is 2. The second-order valence-electron chi connectivity index (χ2n) is 4.54. The minimum Gasteiger partial charge on any atom is -0.492 e. The van der Waals surface area contributed by atoms with E-state index >= 15 is 0 Å². The molecule has 1 aromatic carbocycles. The van der Waals surface area contributed by atoms with E-state index < -0.39 is 0 Å². The van der Waals surface area contributed by atoms with Crippen LogP contribution in [0.2, 0.25) is 0 Å². The van der Waals surface area contributed by atoms with Gasteiger partial charge in [0.15, 0.2) is 0 Å². The minimum atomic E-state index is -0.298. The summed E-state index contributed by atoms with van der Waals surface area (Å²) < 4.78 is 18.9. The van der Waals surface area contributed by atoms with E-state index in [0.717, 1.165) is 0 Å². The van der Waals surface area contributed by atoms with Gasteiger partial charge in [0.2, 0.25) is 0 Å². The largest absolute Gasteiger partial charge is 0.492 e. The molecule has 0 aliphatic heterocycles. The average molecular weight is 267 g/mol. The Bertz CT molecular complexity index is 455. The third kappa shape index (κ3) is 3.65. The molecule has 0 N–H and O–H groups in total. The van der Waals surface area contributed by atoms with Crippen LogP contribution < -0.4 is 4.74 Å². The number of rotatable bonds is 3. The van der Waals surface area contributed by atoms with Crippen molar-refractivity contribution in [2.45, 2.75) is 25.7 Å². The van der Waals surface area contributed by atoms with Crippen LogP contribution in [0.3, 0.4) is 0 Å². The Labute approximate surface area is 112 Å². The smallest absolute Gasteiger partial charge is 0.137 e. The van der Waals surface area contributed by atoms with Crippen LogP contribution in [0.25, 0.3) is 0 Å². The summed E-state index contributed by atoms with van der Waals surface area (Å²) in [5.74, 6) is 6.75. The summed E-state index contributed by atoms with van der Waals surface area (Å²) in [5.41, 5.74) is 0.704. The highest BCUT2D eigenvalue weighted by Gasteiger charge is 2.16. The van der Waals surface area contributed by atoms with Gasteiger partial charge in [-0.25, -0.2) is 4.39 Å². The van der Waals surface area contributed by atoms with Crippen molar-refractivity contribution in [1.29, 1.82) is 0 Å². The van der Waals surface area contributed by atoms with E-state index in [4.69, 9.17) is 16.3 Å². The first-order valence-corrected chi connectivity index (χ1v) is 6.80. The van der Waals surface area contributed by atoms with Gasteiger partial charge in [0.25, 0.3) is 0 Å². The highest BCUT2D eigenvalue weighted by atomic mass is 35.5. The van der Waals surface area contributed by atoms with E-state index in [0.29, 0.717) is 23.8 Å². The van der Waals surface area contributed by atoms with E-state index in [1.54, 1.807) is 6.07 Å². The molecule has 1 aliphatic rings. The third-order valence-electron chi connectivity index (χ3n) is 3.18. The standard InChI is InChI=1S/C15H16ClFO/c16-9-3-6-13-7-8-14(17)10-15(13)18-11-12-4-1-2-5-12/h7-8,10,12H,1-2,4-5,9,11H2. The predicted octanol–water partition coefficient (Wildman–Crippen LogP) is 3.99. The SMILES string of the molecule is Fc1ccc(C#CCCl)c(OCC2CCCC2)c1. The molecular formula is C15H16ClFO. The lowest BCUT2D eigenvalue weighted by Crippen LogP contribution is -2.09. The van der Waals surface area contributed by atoms with Gasteiger partial charge in [0.05, 0.1) is 18.1 Å². The van der Waals surface area contributed by atoms with Gasteiger partial charge in [-0.3, -0.25) is 0 Å². The summed E-state index contributed by atoms with van der Waals surface area (Å²) >= 11 is 5.53. The maximum atomic E-state index is 13.2. The van der Waals surface area contributed by atoms with Crippen LogP contribution in [-0.2, 0) is 0 Å². The Morgan fingerprint density at radius 1 is 1.33 bits per heavy atom. The molecule has 1 aliphatic carbocycles. The first kappa shape index (κ1) is 13.2. The molecule has 0 bridgehead atoms. The molecular weight excluding hydrogens is 251 g/mol. The van der Waals surface area contributed by atoms with Crippen LogP contribution in [-0.4, -0.2) is 12.5 Å². The Balaban J connectivity index is 2.06. The van der Waals surface area contributed by atoms with Crippen molar-refractivity contribution in [3.05, 3.63) is 29.6 Å². The van der Waals surface area contributed by atoms with Gasteiger partial charge in [0, 0.05) is 6.07 Å². The van der Waals surface area contributed by atoms with E-state index in [9.17, 15) is 4.39 Å². The highest BCUT2D eigenvalue weighted by Crippen LogP contribution is 2.27. The van der Waals surface area contributed by atoms with Crippen LogP contribution in [0.1, 0.15) is 31.2 Å². The molecule has 1 saturated carbocycles. The van der Waals surface area contributed by atoms with Gasteiger partial charge in [-0.1, -0.05) is 24.7 Å². The summed E-state index contributed by atoms with van der Waals surface area (Å²) in [5, 5.41) is 0. The minimum absolute atomic E-state index is 0.263. The van der Waals surface area contributed by atoms with Gasteiger partial charge in [0.1, 0.15) is 11.6 Å². The van der Waals surface area contributed by atoms with Gasteiger partial charge >= 0.3 is 0 Å². The topological polar surface area (TPSA) is 9.23 Å². The fourth-order valence-corrected chi connectivity index (χ4v) is 2.30. The number of benzene rings is 1. The second-order valence-corrected chi connectivity index (χ2v) is 4.80. The number of alkyl halides is 1. The zero-order valence-electron chi connectivity index (χ0n) is 10.2. The van der Waals surface area contributed by atoms with Gasteiger partial charge in [-0.05, 0) is 30.9 Å². The van der Waals surface area contributed by atoms with E-state index in [-0.39, 0.29) is 11.7 Å². The normalized spacial score (nSPS) is 15.2. The highest BCUT2D eigenvalue weighted by molar-refractivity contribution is 6.19. The van der Waals surface area contributed by atoms with Crippen LogP contribution in [0.5, 0.6) is 5.75 Å². The quantitative estimate of drug-likeness (QED) is 0.594. The van der Waals surface area contributed by atoms with Crippen LogP contribution in [0.15, 0.2) is 18.2 Å². The lowest BCUT2D eigenvalue weighted by atomic mass is 10.1. The molecule has 3 heteroatoms. The predicted molar refractivity (Wildman–Crippen MR) is 71.5 cm³/mol. The molecule has 0 amide bonds. The number of hydrogen-bond donors (Lipinski definition) is 0. The van der Waals surface area contributed by atoms with Gasteiger partial charge in [-0.15, -0.1) is 11.6 Å². The van der Waals surface area contributed by atoms with E-state index in [2.05, 4.69) is 11.8 Å². The van der Waals surface area contributed by atoms with E-state index in [1.165, 1.54) is 37.8 Å². The molecule has 96 valence electrons. The van der Waals surface area contributed by atoms with Crippen LogP contribution >= 0.6 is 11.6 Å². The Hall–Kier alpha value is -1.20. The fourth-order valence-electron chi connectivity index (χ4n) is 2.23. The molecule has 2 rings (SSSR count). The molecule has 0 atom stereocenters. The number of hydrogen-bond acceptors (Lipinski definition) is 1. The lowest BCUT2D eigenvalue weighted by molar-refractivity contribution is 0.250. The van der Waals surface area contributed by atoms with Crippen molar-refractivity contribution in [3.63, 3.8) is 0 Å². The molecule has 0 spiro atoms. The first-order valence-electron chi connectivity index (χ1n) is 6.27. The molecule has 18 heavy (non-hydrogen) atoms. The zero-order chi connectivity index (χ0) is 12.8. The zero-order valence-corrected chi connectivity index (χ0v) is 11.0. The molecule has 0 heterocycles. The maximum absolute atomic E-state index is 13.2. The van der Waals surface area contributed by atoms with Crippen LogP contribution in [0, 0.1) is 23.6 Å². The Morgan fingerprint density at radius 2 is 2.11 bits per heavy atom. The van der Waals surface area contributed by atoms with Crippen molar-refractivity contribution in [2.75, 3.05) is 12.5 Å². The Kier molecular flexibility index (Phi) is 4.90. The first-order chi connectivity index (χ1) is 8.79. The lowest BCUT2D eigenvalue weighted by Gasteiger charge is -2.12. The molecule has 0 saturated heterocycles. The van der Waals surface area contributed by atoms with Crippen molar-refractivity contribution >= 4 is 11.6 Å². The fraction of sp³-hybridized carbons (Fsp3) is 0.467. The Morgan fingerprint density at radius 3 is 2.83 bits per heavy atom. The number of ether oxygens (including phenoxy) is 1. The van der Waals surface area contributed by atoms with Gasteiger partial charge < -0.3 is 4.74 Å².